The van der Waals surface area contributed by atoms with E-state index in [4.69, 9.17) is 0 Å². The highest BCUT2D eigenvalue weighted by atomic mass is 79.9. The van der Waals surface area contributed by atoms with Gasteiger partial charge in [-0.15, -0.1) is 0 Å². The van der Waals surface area contributed by atoms with Gasteiger partial charge in [0, 0.05) is 17.2 Å². The number of nitrogens with zero attached hydrogens (tertiary/aromatic N) is 1. The van der Waals surface area contributed by atoms with Crippen molar-refractivity contribution >= 4 is 21.7 Å². The second-order valence-electron chi connectivity index (χ2n) is 4.55. The molecule has 0 atom stereocenters. The lowest BCUT2D eigenvalue weighted by Crippen LogP contribution is -2.38. The minimum atomic E-state index is -4.23. The number of halogens is 4. The van der Waals surface area contributed by atoms with Crippen molar-refractivity contribution in [2.24, 2.45) is 5.41 Å². The van der Waals surface area contributed by atoms with E-state index in [1.807, 2.05) is 6.92 Å². The lowest BCUT2D eigenvalue weighted by Gasteiger charge is -2.28. The second kappa shape index (κ2) is 4.84. The highest BCUT2D eigenvalue weighted by molar-refractivity contribution is 9.10. The monoisotopic (exact) mass is 310 g/mol. The Labute approximate surface area is 107 Å². The Bertz CT molecular complexity index is 402. The molecule has 96 valence electrons. The summed E-state index contributed by atoms with van der Waals surface area (Å²) in [5.74, 6) is 0.447. The molecule has 1 heterocycles. The minimum Gasteiger partial charge on any atom is -0.369 e. The van der Waals surface area contributed by atoms with Crippen molar-refractivity contribution in [2.45, 2.75) is 26.9 Å². The summed E-state index contributed by atoms with van der Waals surface area (Å²) in [5.41, 5.74) is -0.859. The first-order valence-electron chi connectivity index (χ1n) is 5.06. The maximum absolute atomic E-state index is 12.6. The van der Waals surface area contributed by atoms with Crippen molar-refractivity contribution in [3.05, 3.63) is 22.3 Å². The summed E-state index contributed by atoms with van der Waals surface area (Å²) >= 11 is 3.28. The molecule has 1 aromatic heterocycles. The van der Waals surface area contributed by atoms with Crippen LogP contribution in [0.3, 0.4) is 0 Å². The van der Waals surface area contributed by atoms with E-state index in [-0.39, 0.29) is 6.54 Å². The molecule has 1 N–H and O–H groups in total. The van der Waals surface area contributed by atoms with Crippen molar-refractivity contribution < 1.29 is 13.2 Å². The van der Waals surface area contributed by atoms with Gasteiger partial charge in [0.1, 0.15) is 5.82 Å². The maximum atomic E-state index is 12.6. The van der Waals surface area contributed by atoms with Crippen LogP contribution in [0.4, 0.5) is 19.0 Å². The second-order valence-corrected chi connectivity index (χ2v) is 5.41. The molecule has 1 aromatic rings. The summed E-state index contributed by atoms with van der Waals surface area (Å²) in [7, 11) is 0. The first-order chi connectivity index (χ1) is 7.63. The number of aromatic nitrogens is 1. The van der Waals surface area contributed by atoms with Gasteiger partial charge in [0.25, 0.3) is 0 Å². The van der Waals surface area contributed by atoms with E-state index in [0.29, 0.717) is 5.82 Å². The molecule has 0 aliphatic carbocycles. The van der Waals surface area contributed by atoms with Gasteiger partial charge in [-0.2, -0.15) is 13.2 Å². The van der Waals surface area contributed by atoms with E-state index < -0.39 is 11.6 Å². The van der Waals surface area contributed by atoms with Crippen LogP contribution < -0.4 is 5.32 Å². The highest BCUT2D eigenvalue weighted by Crippen LogP contribution is 2.37. The summed E-state index contributed by atoms with van der Waals surface area (Å²) in [6.45, 7) is 3.97. The quantitative estimate of drug-likeness (QED) is 0.907. The number of alkyl halides is 3. The molecule has 0 bridgehead atoms. The van der Waals surface area contributed by atoms with E-state index in [2.05, 4.69) is 26.2 Å². The van der Waals surface area contributed by atoms with Crippen molar-refractivity contribution in [3.63, 3.8) is 0 Å². The zero-order chi connectivity index (χ0) is 13.3. The molecular weight excluding hydrogens is 297 g/mol. The third kappa shape index (κ3) is 3.59. The number of pyridine rings is 1. The molecule has 0 aliphatic heterocycles. The summed E-state index contributed by atoms with van der Waals surface area (Å²) in [6, 6.07) is 1.70. The van der Waals surface area contributed by atoms with Gasteiger partial charge in [-0.3, -0.25) is 0 Å². The zero-order valence-electron chi connectivity index (χ0n) is 9.82. The Morgan fingerprint density at radius 1 is 1.35 bits per heavy atom. The third-order valence-electron chi connectivity index (χ3n) is 2.53. The molecule has 0 aromatic carbocycles. The fourth-order valence-corrected chi connectivity index (χ4v) is 1.26. The first kappa shape index (κ1) is 14.3. The smallest absolute Gasteiger partial charge is 0.369 e. The van der Waals surface area contributed by atoms with Gasteiger partial charge in [0.2, 0.25) is 0 Å². The summed E-state index contributed by atoms with van der Waals surface area (Å²) < 4.78 is 38.7. The molecule has 0 spiro atoms. The zero-order valence-corrected chi connectivity index (χ0v) is 11.4. The van der Waals surface area contributed by atoms with Gasteiger partial charge >= 0.3 is 6.18 Å². The maximum Gasteiger partial charge on any atom is 0.395 e. The van der Waals surface area contributed by atoms with E-state index in [9.17, 15) is 13.2 Å². The lowest BCUT2D eigenvalue weighted by molar-refractivity contribution is -0.206. The average molecular weight is 311 g/mol. The van der Waals surface area contributed by atoms with Crippen molar-refractivity contribution in [1.82, 2.24) is 4.98 Å². The molecule has 17 heavy (non-hydrogen) atoms. The molecule has 1 rings (SSSR count). The SMILES string of the molecule is Cc1cc(NCC(C)(C)C(F)(F)F)ncc1Br. The minimum absolute atomic E-state index is 0.204. The predicted octanol–water partition coefficient (Wildman–Crippen LogP) is 4.15. The van der Waals surface area contributed by atoms with E-state index in [0.717, 1.165) is 23.9 Å². The van der Waals surface area contributed by atoms with E-state index in [1.54, 1.807) is 12.3 Å². The fourth-order valence-electron chi connectivity index (χ4n) is 1.05. The Balaban J connectivity index is 2.71. The molecule has 0 aliphatic rings. The standard InChI is InChI=1S/C11H14BrF3N2/c1-7-4-9(16-5-8(7)12)17-6-10(2,3)11(13,14)15/h4-5H,6H2,1-3H3,(H,16,17). The van der Waals surface area contributed by atoms with Crippen LogP contribution >= 0.6 is 15.9 Å². The van der Waals surface area contributed by atoms with Crippen LogP contribution in [0, 0.1) is 12.3 Å². The number of rotatable bonds is 3. The van der Waals surface area contributed by atoms with Gasteiger partial charge in [-0.05, 0) is 48.3 Å². The molecular formula is C11H14BrF3N2. The van der Waals surface area contributed by atoms with Gasteiger partial charge in [0.05, 0.1) is 5.41 Å². The van der Waals surface area contributed by atoms with Crippen molar-refractivity contribution in [3.8, 4) is 0 Å². The molecule has 0 saturated carbocycles. The third-order valence-corrected chi connectivity index (χ3v) is 3.36. The average Bonchev–Trinajstić information content (AvgIpc) is 2.18. The number of hydrogen-bond acceptors (Lipinski definition) is 2. The van der Waals surface area contributed by atoms with Crippen molar-refractivity contribution in [1.29, 1.82) is 0 Å². The highest BCUT2D eigenvalue weighted by Gasteiger charge is 2.46. The number of aryl methyl sites for hydroxylation is 1. The number of nitrogens with one attached hydrogen (secondary N) is 1. The van der Waals surface area contributed by atoms with E-state index >= 15 is 0 Å². The summed E-state index contributed by atoms with van der Waals surface area (Å²) in [4.78, 5) is 4.00. The topological polar surface area (TPSA) is 24.9 Å². The number of anilines is 1. The van der Waals surface area contributed by atoms with Gasteiger partial charge in [-0.25, -0.2) is 4.98 Å². The molecule has 0 unspecified atom stereocenters. The molecule has 6 heteroatoms. The van der Waals surface area contributed by atoms with Gasteiger partial charge in [0.15, 0.2) is 0 Å². The Morgan fingerprint density at radius 3 is 2.41 bits per heavy atom. The van der Waals surface area contributed by atoms with Crippen LogP contribution in [0.1, 0.15) is 19.4 Å². The van der Waals surface area contributed by atoms with Crippen LogP contribution in [0.5, 0.6) is 0 Å². The Kier molecular flexibility index (Phi) is 4.06. The normalized spacial score (nSPS) is 12.6. The summed E-state index contributed by atoms with van der Waals surface area (Å²) in [6.07, 6.45) is -2.66. The van der Waals surface area contributed by atoms with Gasteiger partial charge in [-0.1, -0.05) is 0 Å². The first-order valence-corrected chi connectivity index (χ1v) is 5.85. The van der Waals surface area contributed by atoms with Crippen LogP contribution in [-0.4, -0.2) is 17.7 Å². The Hall–Kier alpha value is -0.780. The lowest BCUT2D eigenvalue weighted by atomic mass is 9.93. The molecule has 0 amide bonds. The molecule has 2 nitrogen and oxygen atoms in total. The number of hydrogen-bond donors (Lipinski definition) is 1. The van der Waals surface area contributed by atoms with Gasteiger partial charge < -0.3 is 5.32 Å². The largest absolute Gasteiger partial charge is 0.395 e. The Morgan fingerprint density at radius 2 is 1.94 bits per heavy atom. The summed E-state index contributed by atoms with van der Waals surface area (Å²) in [5, 5.41) is 2.71. The van der Waals surface area contributed by atoms with Crippen LogP contribution in [0.2, 0.25) is 0 Å². The van der Waals surface area contributed by atoms with Crippen LogP contribution in [0.15, 0.2) is 16.7 Å². The molecule has 0 radical (unpaired) electrons. The molecule has 0 fully saturated rings. The van der Waals surface area contributed by atoms with Crippen molar-refractivity contribution in [2.75, 3.05) is 11.9 Å². The predicted molar refractivity (Wildman–Crippen MR) is 65.0 cm³/mol. The van der Waals surface area contributed by atoms with Crippen LogP contribution in [0.25, 0.3) is 0 Å². The molecule has 0 saturated heterocycles. The van der Waals surface area contributed by atoms with E-state index in [1.165, 1.54) is 0 Å². The van der Waals surface area contributed by atoms with Crippen LogP contribution in [-0.2, 0) is 0 Å². The fraction of sp³-hybridized carbons (Fsp3) is 0.545.